The fraction of sp³-hybridized carbons (Fsp3) is 0.500. The molecule has 1 atom stereocenters. The van der Waals surface area contributed by atoms with E-state index in [9.17, 15) is 4.79 Å². The fourth-order valence-electron chi connectivity index (χ4n) is 1.79. The second kappa shape index (κ2) is 3.84. The van der Waals surface area contributed by atoms with Gasteiger partial charge in [-0.25, -0.2) is 0 Å². The van der Waals surface area contributed by atoms with E-state index in [2.05, 4.69) is 10.6 Å². The topological polar surface area (TPSA) is 54.3 Å². The van der Waals surface area contributed by atoms with Crippen molar-refractivity contribution >= 4 is 5.91 Å². The number of hydrogen-bond acceptors (Lipinski definition) is 3. The monoisotopic (exact) mass is 194 g/mol. The molecular formula is C10H14N2O2. The highest BCUT2D eigenvalue weighted by molar-refractivity contribution is 5.76. The van der Waals surface area contributed by atoms with Gasteiger partial charge in [0.2, 0.25) is 5.91 Å². The van der Waals surface area contributed by atoms with Gasteiger partial charge in [0.05, 0.1) is 12.3 Å². The van der Waals surface area contributed by atoms with Gasteiger partial charge in [-0.3, -0.25) is 4.79 Å². The molecule has 14 heavy (non-hydrogen) atoms. The molecule has 0 radical (unpaired) electrons. The number of amides is 1. The summed E-state index contributed by atoms with van der Waals surface area (Å²) in [5.41, 5.74) is 1.22. The Morgan fingerprint density at radius 3 is 3.43 bits per heavy atom. The van der Waals surface area contributed by atoms with Gasteiger partial charge in [-0.2, -0.15) is 0 Å². The summed E-state index contributed by atoms with van der Waals surface area (Å²) in [5, 5.41) is 5.89. The summed E-state index contributed by atoms with van der Waals surface area (Å²) < 4.78 is 5.37. The van der Waals surface area contributed by atoms with Crippen LogP contribution in [0.4, 0.5) is 0 Å². The van der Waals surface area contributed by atoms with Crippen LogP contribution in [0.25, 0.3) is 0 Å². The highest BCUT2D eigenvalue weighted by Gasteiger charge is 2.24. The Bertz CT molecular complexity index is 333. The summed E-state index contributed by atoms with van der Waals surface area (Å²) in [6.07, 6.45) is 3.11. The Kier molecular flexibility index (Phi) is 2.54. The van der Waals surface area contributed by atoms with Crippen molar-refractivity contribution in [3.63, 3.8) is 0 Å². The van der Waals surface area contributed by atoms with Crippen molar-refractivity contribution in [2.24, 2.45) is 0 Å². The van der Waals surface area contributed by atoms with Crippen LogP contribution in [0.5, 0.6) is 0 Å². The molecule has 4 nitrogen and oxygen atoms in total. The standard InChI is InChI=1S/C10H14N2O2/c1-11-9(13)6-8-10-7(2-4-12-8)3-5-14-10/h3,5,8,12H,2,4,6H2,1H3,(H,11,13). The molecule has 1 amide bonds. The van der Waals surface area contributed by atoms with Gasteiger partial charge in [0.1, 0.15) is 5.76 Å². The molecule has 0 aliphatic carbocycles. The van der Waals surface area contributed by atoms with Crippen molar-refractivity contribution in [2.75, 3.05) is 13.6 Å². The highest BCUT2D eigenvalue weighted by Crippen LogP contribution is 2.25. The summed E-state index contributed by atoms with van der Waals surface area (Å²) in [6.45, 7) is 0.911. The van der Waals surface area contributed by atoms with Gasteiger partial charge in [0, 0.05) is 13.5 Å². The quantitative estimate of drug-likeness (QED) is 0.725. The molecule has 0 fully saturated rings. The molecule has 0 bridgehead atoms. The maximum atomic E-state index is 11.2. The van der Waals surface area contributed by atoms with E-state index >= 15 is 0 Å². The molecular weight excluding hydrogens is 180 g/mol. The number of hydrogen-bond donors (Lipinski definition) is 2. The third kappa shape index (κ3) is 1.65. The number of furan rings is 1. The molecule has 1 aromatic rings. The molecule has 1 aliphatic rings. The fourth-order valence-corrected chi connectivity index (χ4v) is 1.79. The average molecular weight is 194 g/mol. The molecule has 0 spiro atoms. The summed E-state index contributed by atoms with van der Waals surface area (Å²) >= 11 is 0. The van der Waals surface area contributed by atoms with E-state index in [1.165, 1.54) is 5.56 Å². The minimum atomic E-state index is 0.0340. The maximum Gasteiger partial charge on any atom is 0.221 e. The van der Waals surface area contributed by atoms with Crippen LogP contribution in [0, 0.1) is 0 Å². The van der Waals surface area contributed by atoms with E-state index in [0.717, 1.165) is 18.7 Å². The van der Waals surface area contributed by atoms with Crippen LogP contribution in [-0.4, -0.2) is 19.5 Å². The van der Waals surface area contributed by atoms with Crippen LogP contribution in [0.15, 0.2) is 16.7 Å². The molecule has 1 aromatic heterocycles. The van der Waals surface area contributed by atoms with Crippen LogP contribution in [0.1, 0.15) is 23.8 Å². The van der Waals surface area contributed by atoms with E-state index in [1.807, 2.05) is 6.07 Å². The molecule has 2 N–H and O–H groups in total. The van der Waals surface area contributed by atoms with Crippen molar-refractivity contribution < 1.29 is 9.21 Å². The van der Waals surface area contributed by atoms with E-state index in [-0.39, 0.29) is 11.9 Å². The van der Waals surface area contributed by atoms with Crippen molar-refractivity contribution in [3.8, 4) is 0 Å². The lowest BCUT2D eigenvalue weighted by Crippen LogP contribution is -2.33. The van der Waals surface area contributed by atoms with E-state index in [0.29, 0.717) is 6.42 Å². The van der Waals surface area contributed by atoms with Crippen LogP contribution < -0.4 is 10.6 Å². The third-order valence-electron chi connectivity index (χ3n) is 2.55. The van der Waals surface area contributed by atoms with Gasteiger partial charge in [0.25, 0.3) is 0 Å². The number of carbonyl (C=O) groups excluding carboxylic acids is 1. The second-order valence-electron chi connectivity index (χ2n) is 3.44. The maximum absolute atomic E-state index is 11.2. The zero-order chi connectivity index (χ0) is 9.97. The van der Waals surface area contributed by atoms with Crippen molar-refractivity contribution in [1.82, 2.24) is 10.6 Å². The number of nitrogens with one attached hydrogen (secondary N) is 2. The van der Waals surface area contributed by atoms with Gasteiger partial charge in [0.15, 0.2) is 0 Å². The van der Waals surface area contributed by atoms with Crippen molar-refractivity contribution in [1.29, 1.82) is 0 Å². The van der Waals surface area contributed by atoms with Gasteiger partial charge in [-0.1, -0.05) is 0 Å². The molecule has 76 valence electrons. The smallest absolute Gasteiger partial charge is 0.221 e. The average Bonchev–Trinajstić information content (AvgIpc) is 2.66. The SMILES string of the molecule is CNC(=O)CC1NCCc2ccoc21. The Balaban J connectivity index is 2.12. The Labute approximate surface area is 82.7 Å². The lowest BCUT2D eigenvalue weighted by Gasteiger charge is -2.21. The Morgan fingerprint density at radius 1 is 1.79 bits per heavy atom. The zero-order valence-electron chi connectivity index (χ0n) is 8.17. The molecule has 0 saturated carbocycles. The first kappa shape index (κ1) is 9.27. The van der Waals surface area contributed by atoms with Crippen LogP contribution in [0.2, 0.25) is 0 Å². The first-order chi connectivity index (χ1) is 6.81. The summed E-state index contributed by atoms with van der Waals surface area (Å²) in [6, 6.07) is 2.02. The number of fused-ring (bicyclic) bond motifs is 1. The van der Waals surface area contributed by atoms with Crippen LogP contribution in [-0.2, 0) is 11.2 Å². The van der Waals surface area contributed by atoms with Crippen LogP contribution in [0.3, 0.4) is 0 Å². The molecule has 1 unspecified atom stereocenters. The van der Waals surface area contributed by atoms with Crippen LogP contribution >= 0.6 is 0 Å². The van der Waals surface area contributed by atoms with Gasteiger partial charge < -0.3 is 15.1 Å². The third-order valence-corrected chi connectivity index (χ3v) is 2.55. The molecule has 0 aromatic carbocycles. The first-order valence-electron chi connectivity index (χ1n) is 4.81. The number of rotatable bonds is 2. The second-order valence-corrected chi connectivity index (χ2v) is 3.44. The van der Waals surface area contributed by atoms with E-state index < -0.39 is 0 Å². The zero-order valence-corrected chi connectivity index (χ0v) is 8.17. The van der Waals surface area contributed by atoms with Gasteiger partial charge >= 0.3 is 0 Å². The predicted molar refractivity (Wildman–Crippen MR) is 51.8 cm³/mol. The minimum absolute atomic E-state index is 0.0340. The van der Waals surface area contributed by atoms with E-state index in [1.54, 1.807) is 13.3 Å². The van der Waals surface area contributed by atoms with Gasteiger partial charge in [-0.05, 0) is 24.6 Å². The molecule has 2 rings (SSSR count). The lowest BCUT2D eigenvalue weighted by molar-refractivity contribution is -0.121. The first-order valence-corrected chi connectivity index (χ1v) is 4.81. The molecule has 0 saturated heterocycles. The predicted octanol–water partition coefficient (Wildman–Crippen LogP) is 0.602. The summed E-state index contributed by atoms with van der Waals surface area (Å²) in [7, 11) is 1.65. The van der Waals surface area contributed by atoms with Crippen molar-refractivity contribution in [3.05, 3.63) is 23.7 Å². The Hall–Kier alpha value is -1.29. The van der Waals surface area contributed by atoms with Crippen molar-refractivity contribution in [2.45, 2.75) is 18.9 Å². The summed E-state index contributed by atoms with van der Waals surface area (Å²) in [5.74, 6) is 0.951. The van der Waals surface area contributed by atoms with E-state index in [4.69, 9.17) is 4.42 Å². The minimum Gasteiger partial charge on any atom is -0.467 e. The van der Waals surface area contributed by atoms with Gasteiger partial charge in [-0.15, -0.1) is 0 Å². The number of carbonyl (C=O) groups is 1. The highest BCUT2D eigenvalue weighted by atomic mass is 16.3. The molecule has 1 aliphatic heterocycles. The Morgan fingerprint density at radius 2 is 2.64 bits per heavy atom. The largest absolute Gasteiger partial charge is 0.467 e. The molecule has 4 heteroatoms. The molecule has 2 heterocycles. The lowest BCUT2D eigenvalue weighted by atomic mass is 10.0. The summed E-state index contributed by atoms with van der Waals surface area (Å²) in [4.78, 5) is 11.2. The normalized spacial score (nSPS) is 20.2.